The molecule has 1 aliphatic rings. The van der Waals surface area contributed by atoms with Crippen molar-refractivity contribution in [2.75, 3.05) is 19.8 Å². The molecule has 432 valence electrons. The molecule has 74 heavy (non-hydrogen) atoms. The zero-order chi connectivity index (χ0) is 50.5. The molecule has 2 unspecified atom stereocenters. The van der Waals surface area contributed by atoms with E-state index in [1.807, 2.05) is 35.2 Å². The fourth-order valence-corrected chi connectivity index (χ4v) is 9.31. The van der Waals surface area contributed by atoms with Crippen LogP contribution >= 0.6 is 0 Å². The Kier molecular flexibility index (Phi) is 52.7. The minimum absolute atomic E-state index is 0. The lowest BCUT2D eigenvalue weighted by molar-refractivity contribution is -0.145. The standard InChI is InChI=1S/C58H101N5O7.4CH4/c1-3-5-7-9-11-13-15-17-19-21-23-25-27-29-31-36-46-63(47-37-32-30-28-26-24-22-20-18-16-14-12-10-8-6-4-2)55(66)44-43-53(64)59-49-60-57(68)51(62-58(69)52-40-42-54(65)61-52)41-45-56(67)70-48-50-38-34-33-35-39-50;;;;/h33-35,38-39,51-52H,3-32,36-37,40-49H2,1-2H3,(H,59,64)(H,60,68)(H,61,65)(H,62,69);4*1H4. The summed E-state index contributed by atoms with van der Waals surface area (Å²) in [6.07, 6.45) is 42.1. The average Bonchev–Trinajstić information content (AvgIpc) is 3.81. The average molecular weight is 1040 g/mol. The minimum Gasteiger partial charge on any atom is -0.461 e. The van der Waals surface area contributed by atoms with E-state index >= 15 is 0 Å². The maximum atomic E-state index is 13.6. The highest BCUT2D eigenvalue weighted by atomic mass is 16.5. The van der Waals surface area contributed by atoms with Gasteiger partial charge in [-0.1, -0.05) is 267 Å². The maximum Gasteiger partial charge on any atom is 0.306 e. The first kappa shape index (κ1) is 74.3. The van der Waals surface area contributed by atoms with Crippen molar-refractivity contribution in [3.8, 4) is 0 Å². The third-order valence-electron chi connectivity index (χ3n) is 13.9. The van der Waals surface area contributed by atoms with Crippen LogP contribution in [0.25, 0.3) is 0 Å². The lowest BCUT2D eigenvalue weighted by Gasteiger charge is -2.23. The van der Waals surface area contributed by atoms with Crippen molar-refractivity contribution in [2.45, 2.75) is 306 Å². The Balaban J connectivity index is -0.0000126. The molecule has 0 aromatic heterocycles. The number of nitrogens with zero attached hydrogens (tertiary/aromatic N) is 1. The number of esters is 1. The molecule has 5 amide bonds. The third kappa shape index (κ3) is 41.3. The van der Waals surface area contributed by atoms with Gasteiger partial charge in [0.15, 0.2) is 0 Å². The number of nitrogens with one attached hydrogen (secondary N) is 4. The van der Waals surface area contributed by atoms with Gasteiger partial charge in [-0.2, -0.15) is 0 Å². The molecule has 0 saturated carbocycles. The van der Waals surface area contributed by atoms with Crippen LogP contribution in [0.1, 0.15) is 293 Å². The summed E-state index contributed by atoms with van der Waals surface area (Å²) in [5.74, 6) is -2.25. The lowest BCUT2D eigenvalue weighted by Crippen LogP contribution is -2.53. The summed E-state index contributed by atoms with van der Waals surface area (Å²) in [5, 5.41) is 10.6. The predicted octanol–water partition coefficient (Wildman–Crippen LogP) is 15.1. The van der Waals surface area contributed by atoms with Crippen molar-refractivity contribution >= 4 is 35.5 Å². The van der Waals surface area contributed by atoms with Crippen LogP contribution in [0.15, 0.2) is 30.3 Å². The predicted molar refractivity (Wildman–Crippen MR) is 312 cm³/mol. The molecule has 2 rings (SSSR count). The van der Waals surface area contributed by atoms with E-state index in [4.69, 9.17) is 4.74 Å². The van der Waals surface area contributed by atoms with E-state index in [2.05, 4.69) is 35.1 Å². The van der Waals surface area contributed by atoms with Crippen LogP contribution in [-0.4, -0.2) is 72.2 Å². The molecule has 12 heteroatoms. The van der Waals surface area contributed by atoms with Crippen molar-refractivity contribution in [1.82, 2.24) is 26.2 Å². The second kappa shape index (κ2) is 52.5. The van der Waals surface area contributed by atoms with Crippen molar-refractivity contribution < 1.29 is 33.5 Å². The molecule has 1 heterocycles. The van der Waals surface area contributed by atoms with Crippen LogP contribution in [0.4, 0.5) is 0 Å². The maximum absolute atomic E-state index is 13.6. The Morgan fingerprint density at radius 2 is 0.986 bits per heavy atom. The van der Waals surface area contributed by atoms with Crippen LogP contribution in [0.2, 0.25) is 0 Å². The van der Waals surface area contributed by atoms with E-state index in [0.717, 1.165) is 31.2 Å². The Hall–Kier alpha value is -3.96. The van der Waals surface area contributed by atoms with Gasteiger partial charge in [-0.05, 0) is 31.2 Å². The summed E-state index contributed by atoms with van der Waals surface area (Å²) in [6, 6.07) is 7.37. The highest BCUT2D eigenvalue weighted by molar-refractivity contribution is 5.94. The lowest BCUT2D eigenvalue weighted by atomic mass is 10.0. The molecule has 2 atom stereocenters. The monoisotopic (exact) mass is 1040 g/mol. The Morgan fingerprint density at radius 3 is 1.39 bits per heavy atom. The number of ether oxygens (including phenoxy) is 1. The molecule has 0 radical (unpaired) electrons. The molecular formula is C62H117N5O7. The van der Waals surface area contributed by atoms with Crippen molar-refractivity contribution in [2.24, 2.45) is 0 Å². The number of hydrogen-bond donors (Lipinski definition) is 4. The number of hydrogen-bond acceptors (Lipinski definition) is 7. The summed E-state index contributed by atoms with van der Waals surface area (Å²) < 4.78 is 5.36. The van der Waals surface area contributed by atoms with Crippen LogP contribution in [0.3, 0.4) is 0 Å². The number of rotatable bonds is 47. The molecule has 1 aromatic carbocycles. The van der Waals surface area contributed by atoms with Gasteiger partial charge >= 0.3 is 5.97 Å². The zero-order valence-corrected chi connectivity index (χ0v) is 44.5. The van der Waals surface area contributed by atoms with Gasteiger partial charge in [0.1, 0.15) is 18.7 Å². The van der Waals surface area contributed by atoms with Gasteiger partial charge in [-0.15, -0.1) is 0 Å². The van der Waals surface area contributed by atoms with Crippen LogP contribution in [0.5, 0.6) is 0 Å². The highest BCUT2D eigenvalue weighted by Crippen LogP contribution is 2.17. The second-order valence-electron chi connectivity index (χ2n) is 20.2. The van der Waals surface area contributed by atoms with Gasteiger partial charge in [0, 0.05) is 38.8 Å². The van der Waals surface area contributed by atoms with Crippen LogP contribution in [-0.2, 0) is 40.1 Å². The van der Waals surface area contributed by atoms with Crippen molar-refractivity contribution in [3.63, 3.8) is 0 Å². The molecule has 0 aliphatic carbocycles. The first-order chi connectivity index (χ1) is 34.2. The molecule has 4 N–H and O–H groups in total. The molecule has 1 fully saturated rings. The number of carbonyl (C=O) groups is 6. The molecule has 0 bridgehead atoms. The summed E-state index contributed by atoms with van der Waals surface area (Å²) in [5.41, 5.74) is 0.825. The van der Waals surface area contributed by atoms with Gasteiger partial charge in [-0.3, -0.25) is 28.8 Å². The number of carbonyl (C=O) groups excluding carboxylic acids is 6. The molecule has 1 aliphatic heterocycles. The summed E-state index contributed by atoms with van der Waals surface area (Å²) >= 11 is 0. The fraction of sp³-hybridized carbons (Fsp3) is 0.806. The van der Waals surface area contributed by atoms with Crippen molar-refractivity contribution in [3.05, 3.63) is 35.9 Å². The third-order valence-corrected chi connectivity index (χ3v) is 13.9. The Morgan fingerprint density at radius 1 is 0.568 bits per heavy atom. The largest absolute Gasteiger partial charge is 0.461 e. The fourth-order valence-electron chi connectivity index (χ4n) is 9.31. The normalized spacial score (nSPS) is 12.9. The van der Waals surface area contributed by atoms with Crippen molar-refractivity contribution in [1.29, 1.82) is 0 Å². The van der Waals surface area contributed by atoms with Gasteiger partial charge in [-0.25, -0.2) is 0 Å². The van der Waals surface area contributed by atoms with E-state index in [0.29, 0.717) is 19.5 Å². The van der Waals surface area contributed by atoms with Gasteiger partial charge in [0.25, 0.3) is 0 Å². The number of benzene rings is 1. The zero-order valence-electron chi connectivity index (χ0n) is 44.5. The van der Waals surface area contributed by atoms with Gasteiger partial charge < -0.3 is 30.9 Å². The topological polar surface area (TPSA) is 163 Å². The van der Waals surface area contributed by atoms with Crippen LogP contribution < -0.4 is 21.3 Å². The second-order valence-corrected chi connectivity index (χ2v) is 20.2. The first-order valence-corrected chi connectivity index (χ1v) is 28.8. The smallest absolute Gasteiger partial charge is 0.306 e. The first-order valence-electron chi connectivity index (χ1n) is 28.8. The Labute approximate surface area is 455 Å². The molecule has 1 aromatic rings. The molecule has 12 nitrogen and oxygen atoms in total. The van der Waals surface area contributed by atoms with E-state index in [-0.39, 0.29) is 92.8 Å². The summed E-state index contributed by atoms with van der Waals surface area (Å²) in [4.78, 5) is 79.0. The van der Waals surface area contributed by atoms with Gasteiger partial charge in [0.2, 0.25) is 29.5 Å². The van der Waals surface area contributed by atoms with E-state index in [9.17, 15) is 28.8 Å². The molecular weight excluding hydrogens is 927 g/mol. The minimum atomic E-state index is -1.10. The number of unbranched alkanes of at least 4 members (excludes halogenated alkanes) is 30. The van der Waals surface area contributed by atoms with Crippen LogP contribution in [0, 0.1) is 0 Å². The van der Waals surface area contributed by atoms with E-state index < -0.39 is 29.9 Å². The van der Waals surface area contributed by atoms with E-state index in [1.54, 1.807) is 0 Å². The Bertz CT molecular complexity index is 1470. The summed E-state index contributed by atoms with van der Waals surface area (Å²) in [7, 11) is 0. The molecule has 0 spiro atoms. The highest BCUT2D eigenvalue weighted by Gasteiger charge is 2.31. The molecule has 1 saturated heterocycles. The SMILES string of the molecule is C.C.C.C.CCCCCCCCCCCCCCCCCCN(CCCCCCCCCCCCCCCCCC)C(=O)CCC(=O)NCNC(=O)C(CCC(=O)OCc1ccccc1)NC(=O)C1CCC(=O)N1. The van der Waals surface area contributed by atoms with E-state index in [1.165, 1.54) is 180 Å². The quantitative estimate of drug-likeness (QED) is 0.0287. The van der Waals surface area contributed by atoms with Gasteiger partial charge in [0.05, 0.1) is 6.67 Å². The number of amides is 5. The summed E-state index contributed by atoms with van der Waals surface area (Å²) in [6.45, 7) is 5.85.